The van der Waals surface area contributed by atoms with Gasteiger partial charge in [0.15, 0.2) is 0 Å². The number of nitrogens with zero attached hydrogens (tertiary/aromatic N) is 2. The highest BCUT2D eigenvalue weighted by Crippen LogP contribution is 2.26. The Labute approximate surface area is 84.1 Å². The Kier molecular flexibility index (Phi) is 2.82. The van der Waals surface area contributed by atoms with Gasteiger partial charge in [0.25, 0.3) is 0 Å². The van der Waals surface area contributed by atoms with Crippen molar-refractivity contribution in [1.29, 1.82) is 0 Å². The third-order valence-electron chi connectivity index (χ3n) is 2.86. The molecule has 0 amide bonds. The number of aromatic nitrogens is 2. The van der Waals surface area contributed by atoms with E-state index in [1.54, 1.807) is 0 Å². The molecular weight excluding hydrogens is 178 g/mol. The molecular formula is C10H17N3O. The van der Waals surface area contributed by atoms with Gasteiger partial charge in [0.2, 0.25) is 11.8 Å². The van der Waals surface area contributed by atoms with E-state index < -0.39 is 0 Å². The Morgan fingerprint density at radius 3 is 3.00 bits per heavy atom. The number of hydrogen-bond donors (Lipinski definition) is 1. The van der Waals surface area contributed by atoms with Gasteiger partial charge in [0.05, 0.1) is 5.92 Å². The van der Waals surface area contributed by atoms with Gasteiger partial charge in [-0.15, -0.1) is 10.2 Å². The summed E-state index contributed by atoms with van der Waals surface area (Å²) in [6.45, 7) is 5.31. The van der Waals surface area contributed by atoms with E-state index in [-0.39, 0.29) is 0 Å². The van der Waals surface area contributed by atoms with Gasteiger partial charge in [-0.25, -0.2) is 0 Å². The van der Waals surface area contributed by atoms with Crippen LogP contribution in [-0.2, 0) is 6.42 Å². The lowest BCUT2D eigenvalue weighted by atomic mass is 9.92. The minimum absolute atomic E-state index is 0.400. The Bertz CT molecular complexity index is 297. The second-order valence-corrected chi connectivity index (χ2v) is 3.88. The molecule has 0 bridgehead atoms. The van der Waals surface area contributed by atoms with Crippen LogP contribution in [0.2, 0.25) is 0 Å². The average Bonchev–Trinajstić information content (AvgIpc) is 2.67. The zero-order chi connectivity index (χ0) is 9.97. The summed E-state index contributed by atoms with van der Waals surface area (Å²) >= 11 is 0. The normalized spacial score (nSPS) is 27.9. The minimum atomic E-state index is 0.400. The van der Waals surface area contributed by atoms with Crippen LogP contribution in [-0.4, -0.2) is 22.8 Å². The smallest absolute Gasteiger partial charge is 0.221 e. The summed E-state index contributed by atoms with van der Waals surface area (Å²) in [4.78, 5) is 0. The Hall–Kier alpha value is -0.900. The van der Waals surface area contributed by atoms with Crippen LogP contribution >= 0.6 is 0 Å². The average molecular weight is 195 g/mol. The summed E-state index contributed by atoms with van der Waals surface area (Å²) in [6.07, 6.45) is 3.17. The quantitative estimate of drug-likeness (QED) is 0.776. The largest absolute Gasteiger partial charge is 0.425 e. The maximum absolute atomic E-state index is 5.58. The van der Waals surface area contributed by atoms with E-state index in [9.17, 15) is 0 Å². The fourth-order valence-corrected chi connectivity index (χ4v) is 1.94. The van der Waals surface area contributed by atoms with Gasteiger partial charge in [0.1, 0.15) is 0 Å². The summed E-state index contributed by atoms with van der Waals surface area (Å²) in [6, 6.07) is 0.453. The Morgan fingerprint density at radius 1 is 1.50 bits per heavy atom. The molecule has 1 aliphatic rings. The zero-order valence-electron chi connectivity index (χ0n) is 8.79. The maximum Gasteiger partial charge on any atom is 0.221 e. The van der Waals surface area contributed by atoms with E-state index >= 15 is 0 Å². The van der Waals surface area contributed by atoms with Gasteiger partial charge in [-0.1, -0.05) is 6.92 Å². The van der Waals surface area contributed by atoms with Crippen LogP contribution in [0.1, 0.15) is 44.4 Å². The molecule has 0 aliphatic carbocycles. The van der Waals surface area contributed by atoms with E-state index in [0.29, 0.717) is 12.0 Å². The third kappa shape index (κ3) is 1.80. The fraction of sp³-hybridized carbons (Fsp3) is 0.800. The molecule has 1 N–H and O–H groups in total. The van der Waals surface area contributed by atoms with Crippen molar-refractivity contribution in [3.63, 3.8) is 0 Å². The number of nitrogens with one attached hydrogen (secondary N) is 1. The van der Waals surface area contributed by atoms with Gasteiger partial charge in [-0.05, 0) is 26.3 Å². The molecule has 1 aromatic rings. The highest BCUT2D eigenvalue weighted by Gasteiger charge is 2.26. The van der Waals surface area contributed by atoms with Crippen molar-refractivity contribution in [2.45, 2.75) is 45.1 Å². The topological polar surface area (TPSA) is 51.0 Å². The molecule has 1 aliphatic heterocycles. The third-order valence-corrected chi connectivity index (χ3v) is 2.86. The molecule has 4 heteroatoms. The first kappa shape index (κ1) is 9.65. The molecule has 0 saturated carbocycles. The summed E-state index contributed by atoms with van der Waals surface area (Å²) in [5.41, 5.74) is 0. The van der Waals surface area contributed by atoms with Crippen LogP contribution < -0.4 is 5.32 Å². The molecule has 78 valence electrons. The zero-order valence-corrected chi connectivity index (χ0v) is 8.79. The lowest BCUT2D eigenvalue weighted by Crippen LogP contribution is -2.37. The number of hydrogen-bond acceptors (Lipinski definition) is 4. The number of aryl methyl sites for hydroxylation is 1. The maximum atomic E-state index is 5.58. The molecule has 1 fully saturated rings. The summed E-state index contributed by atoms with van der Waals surface area (Å²) in [5.74, 6) is 1.95. The van der Waals surface area contributed by atoms with E-state index in [4.69, 9.17) is 4.42 Å². The molecule has 14 heavy (non-hydrogen) atoms. The molecule has 1 aromatic heterocycles. The Balaban J connectivity index is 2.12. The first-order valence-electron chi connectivity index (χ1n) is 5.37. The SMILES string of the molecule is CCc1nnc(C2CCCNC2C)o1. The number of rotatable bonds is 2. The van der Waals surface area contributed by atoms with Crippen molar-refractivity contribution in [1.82, 2.24) is 15.5 Å². The second kappa shape index (κ2) is 4.09. The van der Waals surface area contributed by atoms with Crippen molar-refractivity contribution < 1.29 is 4.42 Å². The van der Waals surface area contributed by atoms with E-state index in [1.165, 1.54) is 6.42 Å². The molecule has 2 rings (SSSR count). The summed E-state index contributed by atoms with van der Waals surface area (Å²) in [5, 5.41) is 11.5. The van der Waals surface area contributed by atoms with Crippen LogP contribution in [0.25, 0.3) is 0 Å². The van der Waals surface area contributed by atoms with Gasteiger partial charge < -0.3 is 9.73 Å². The molecule has 2 heterocycles. The highest BCUT2D eigenvalue weighted by molar-refractivity contribution is 4.98. The van der Waals surface area contributed by atoms with E-state index in [2.05, 4.69) is 22.4 Å². The van der Waals surface area contributed by atoms with Crippen molar-refractivity contribution in [2.24, 2.45) is 0 Å². The predicted octanol–water partition coefficient (Wildman–Crippen LogP) is 1.49. The molecule has 4 nitrogen and oxygen atoms in total. The van der Waals surface area contributed by atoms with Crippen LogP contribution in [0.5, 0.6) is 0 Å². The van der Waals surface area contributed by atoms with Crippen molar-refractivity contribution in [3.05, 3.63) is 11.8 Å². The van der Waals surface area contributed by atoms with Crippen molar-refractivity contribution >= 4 is 0 Å². The van der Waals surface area contributed by atoms with Crippen LogP contribution in [0.3, 0.4) is 0 Å². The highest BCUT2D eigenvalue weighted by atomic mass is 16.4. The van der Waals surface area contributed by atoms with Crippen molar-refractivity contribution in [3.8, 4) is 0 Å². The molecule has 2 unspecified atom stereocenters. The fourth-order valence-electron chi connectivity index (χ4n) is 1.94. The molecule has 0 radical (unpaired) electrons. The van der Waals surface area contributed by atoms with Crippen LogP contribution in [0, 0.1) is 0 Å². The van der Waals surface area contributed by atoms with Crippen LogP contribution in [0.4, 0.5) is 0 Å². The van der Waals surface area contributed by atoms with Gasteiger partial charge in [-0.2, -0.15) is 0 Å². The van der Waals surface area contributed by atoms with Crippen molar-refractivity contribution in [2.75, 3.05) is 6.54 Å². The first-order valence-corrected chi connectivity index (χ1v) is 5.37. The molecule has 0 aromatic carbocycles. The van der Waals surface area contributed by atoms with E-state index in [0.717, 1.165) is 31.2 Å². The molecule has 2 atom stereocenters. The Morgan fingerprint density at radius 2 is 2.36 bits per heavy atom. The number of piperidine rings is 1. The first-order chi connectivity index (χ1) is 6.81. The summed E-state index contributed by atoms with van der Waals surface area (Å²) in [7, 11) is 0. The summed E-state index contributed by atoms with van der Waals surface area (Å²) < 4.78 is 5.58. The second-order valence-electron chi connectivity index (χ2n) is 3.88. The van der Waals surface area contributed by atoms with Crippen LogP contribution in [0.15, 0.2) is 4.42 Å². The molecule has 1 saturated heterocycles. The minimum Gasteiger partial charge on any atom is -0.425 e. The lowest BCUT2D eigenvalue weighted by Gasteiger charge is -2.26. The van der Waals surface area contributed by atoms with Gasteiger partial charge in [0, 0.05) is 12.5 Å². The molecule has 0 spiro atoms. The monoisotopic (exact) mass is 195 g/mol. The lowest BCUT2D eigenvalue weighted by molar-refractivity contribution is 0.310. The van der Waals surface area contributed by atoms with E-state index in [1.807, 2.05) is 6.92 Å². The standard InChI is InChI=1S/C10H17N3O/c1-3-9-12-13-10(14-9)8-5-4-6-11-7(8)2/h7-8,11H,3-6H2,1-2H3. The van der Waals surface area contributed by atoms with Gasteiger partial charge in [-0.3, -0.25) is 0 Å². The predicted molar refractivity (Wildman–Crippen MR) is 53.1 cm³/mol. The van der Waals surface area contributed by atoms with Gasteiger partial charge >= 0.3 is 0 Å².